The summed E-state index contributed by atoms with van der Waals surface area (Å²) in [7, 11) is 0. The Morgan fingerprint density at radius 1 is 1.25 bits per heavy atom. The lowest BCUT2D eigenvalue weighted by atomic mass is 10.1. The van der Waals surface area contributed by atoms with Gasteiger partial charge in [-0.3, -0.25) is 4.79 Å². The molecule has 2 N–H and O–H groups in total. The molecule has 5 heteroatoms. The zero-order chi connectivity index (χ0) is 14.5. The molecule has 0 radical (unpaired) electrons. The number of rotatable bonds is 4. The Balaban J connectivity index is 1.92. The van der Waals surface area contributed by atoms with Gasteiger partial charge in [-0.1, -0.05) is 18.2 Å². The SMILES string of the molecule is O=C(NCCc1ccccc1F)c1ccc(I)c(O)c1. The standard InChI is InChI=1S/C15H13FINO2/c16-12-4-2-1-3-10(12)7-8-18-15(20)11-5-6-13(17)14(19)9-11/h1-6,9,19H,7-8H2,(H,18,20). The lowest BCUT2D eigenvalue weighted by Crippen LogP contribution is -2.25. The molecule has 2 aromatic rings. The fourth-order valence-electron chi connectivity index (χ4n) is 1.77. The second kappa shape index (κ2) is 6.69. The van der Waals surface area contributed by atoms with Gasteiger partial charge >= 0.3 is 0 Å². The second-order valence-corrected chi connectivity index (χ2v) is 5.43. The van der Waals surface area contributed by atoms with Crippen LogP contribution in [0, 0.1) is 9.39 Å². The topological polar surface area (TPSA) is 49.3 Å². The molecule has 0 aliphatic carbocycles. The molecular weight excluding hydrogens is 372 g/mol. The largest absolute Gasteiger partial charge is 0.507 e. The van der Waals surface area contributed by atoms with E-state index in [2.05, 4.69) is 5.32 Å². The number of hydrogen-bond donors (Lipinski definition) is 2. The van der Waals surface area contributed by atoms with E-state index >= 15 is 0 Å². The number of carbonyl (C=O) groups is 1. The first-order valence-corrected chi connectivity index (χ1v) is 7.16. The third kappa shape index (κ3) is 3.69. The van der Waals surface area contributed by atoms with Crippen molar-refractivity contribution in [3.63, 3.8) is 0 Å². The van der Waals surface area contributed by atoms with Crippen LogP contribution in [0.4, 0.5) is 4.39 Å². The van der Waals surface area contributed by atoms with Crippen LogP contribution in [0.5, 0.6) is 5.75 Å². The summed E-state index contributed by atoms with van der Waals surface area (Å²) in [5, 5.41) is 12.3. The van der Waals surface area contributed by atoms with Gasteiger partial charge < -0.3 is 10.4 Å². The predicted molar refractivity (Wildman–Crippen MR) is 83.3 cm³/mol. The summed E-state index contributed by atoms with van der Waals surface area (Å²) < 4.78 is 14.1. The van der Waals surface area contributed by atoms with Crippen molar-refractivity contribution in [2.75, 3.05) is 6.54 Å². The van der Waals surface area contributed by atoms with Gasteiger partial charge in [-0.25, -0.2) is 4.39 Å². The lowest BCUT2D eigenvalue weighted by Gasteiger charge is -2.07. The second-order valence-electron chi connectivity index (χ2n) is 4.26. The van der Waals surface area contributed by atoms with Crippen LogP contribution in [0.2, 0.25) is 0 Å². The zero-order valence-electron chi connectivity index (χ0n) is 10.6. The number of phenols is 1. The summed E-state index contributed by atoms with van der Waals surface area (Å²) in [4.78, 5) is 11.9. The first kappa shape index (κ1) is 14.8. The molecule has 0 heterocycles. The molecule has 0 aliphatic heterocycles. The monoisotopic (exact) mass is 385 g/mol. The molecule has 0 saturated heterocycles. The van der Waals surface area contributed by atoms with Crippen molar-refractivity contribution in [2.24, 2.45) is 0 Å². The third-order valence-electron chi connectivity index (χ3n) is 2.85. The van der Waals surface area contributed by atoms with E-state index in [0.717, 1.165) is 0 Å². The van der Waals surface area contributed by atoms with Gasteiger partial charge in [-0.05, 0) is 58.8 Å². The minimum Gasteiger partial charge on any atom is -0.507 e. The van der Waals surface area contributed by atoms with Crippen LogP contribution in [-0.4, -0.2) is 17.6 Å². The molecule has 0 atom stereocenters. The summed E-state index contributed by atoms with van der Waals surface area (Å²) >= 11 is 1.98. The number of carbonyl (C=O) groups excluding carboxylic acids is 1. The van der Waals surface area contributed by atoms with Crippen LogP contribution in [0.3, 0.4) is 0 Å². The van der Waals surface area contributed by atoms with Crippen molar-refractivity contribution in [1.29, 1.82) is 0 Å². The summed E-state index contributed by atoms with van der Waals surface area (Å²) in [6.07, 6.45) is 0.425. The normalized spacial score (nSPS) is 10.3. The average Bonchev–Trinajstić information content (AvgIpc) is 2.44. The molecule has 0 bridgehead atoms. The molecule has 0 fully saturated rings. The average molecular weight is 385 g/mol. The minimum absolute atomic E-state index is 0.0763. The fraction of sp³-hybridized carbons (Fsp3) is 0.133. The summed E-state index contributed by atoms with van der Waals surface area (Å²) in [5.74, 6) is -0.478. The van der Waals surface area contributed by atoms with Crippen LogP contribution in [0.1, 0.15) is 15.9 Å². The van der Waals surface area contributed by atoms with Gasteiger partial charge in [0, 0.05) is 12.1 Å². The molecule has 0 aliphatic rings. The Morgan fingerprint density at radius 3 is 2.70 bits per heavy atom. The molecule has 0 saturated carbocycles. The van der Waals surface area contributed by atoms with E-state index in [9.17, 15) is 14.3 Å². The molecule has 2 aromatic carbocycles. The van der Waals surface area contributed by atoms with Gasteiger partial charge in [0.1, 0.15) is 11.6 Å². The summed E-state index contributed by atoms with van der Waals surface area (Å²) in [6.45, 7) is 0.340. The van der Waals surface area contributed by atoms with Gasteiger partial charge in [0.05, 0.1) is 3.57 Å². The van der Waals surface area contributed by atoms with E-state index < -0.39 is 0 Å². The molecule has 0 aromatic heterocycles. The van der Waals surface area contributed by atoms with Gasteiger partial charge in [-0.2, -0.15) is 0 Å². The van der Waals surface area contributed by atoms with Crippen LogP contribution in [-0.2, 0) is 6.42 Å². The van der Waals surface area contributed by atoms with E-state index in [4.69, 9.17) is 0 Å². The zero-order valence-corrected chi connectivity index (χ0v) is 12.7. The highest BCUT2D eigenvalue weighted by molar-refractivity contribution is 14.1. The Labute approximate surface area is 130 Å². The van der Waals surface area contributed by atoms with Crippen molar-refractivity contribution in [2.45, 2.75) is 6.42 Å². The van der Waals surface area contributed by atoms with E-state index in [1.54, 1.807) is 30.3 Å². The molecule has 3 nitrogen and oxygen atoms in total. The van der Waals surface area contributed by atoms with E-state index in [0.29, 0.717) is 27.7 Å². The van der Waals surface area contributed by atoms with Gasteiger partial charge in [-0.15, -0.1) is 0 Å². The maximum absolute atomic E-state index is 13.4. The van der Waals surface area contributed by atoms with E-state index in [1.165, 1.54) is 12.1 Å². The highest BCUT2D eigenvalue weighted by atomic mass is 127. The fourth-order valence-corrected chi connectivity index (χ4v) is 2.10. The Bertz CT molecular complexity index is 631. The number of amides is 1. The highest BCUT2D eigenvalue weighted by Crippen LogP contribution is 2.20. The molecule has 104 valence electrons. The predicted octanol–water partition coefficient (Wildman–Crippen LogP) is 3.11. The number of nitrogens with one attached hydrogen (secondary N) is 1. The Kier molecular flexibility index (Phi) is 4.94. The molecule has 0 unspecified atom stereocenters. The van der Waals surface area contributed by atoms with Gasteiger partial charge in [0.2, 0.25) is 0 Å². The number of aromatic hydroxyl groups is 1. The smallest absolute Gasteiger partial charge is 0.251 e. The van der Waals surface area contributed by atoms with E-state index in [1.807, 2.05) is 22.6 Å². The number of phenolic OH excluding ortho intramolecular Hbond substituents is 1. The maximum Gasteiger partial charge on any atom is 0.251 e. The number of hydrogen-bond acceptors (Lipinski definition) is 2. The molecular formula is C15H13FINO2. The summed E-state index contributed by atoms with van der Waals surface area (Å²) in [5.41, 5.74) is 0.953. The third-order valence-corrected chi connectivity index (χ3v) is 3.76. The van der Waals surface area contributed by atoms with Crippen molar-refractivity contribution in [3.8, 4) is 5.75 Å². The quantitative estimate of drug-likeness (QED) is 0.795. The maximum atomic E-state index is 13.4. The molecule has 20 heavy (non-hydrogen) atoms. The van der Waals surface area contributed by atoms with Crippen molar-refractivity contribution < 1.29 is 14.3 Å². The van der Waals surface area contributed by atoms with Crippen molar-refractivity contribution in [3.05, 3.63) is 63.0 Å². The van der Waals surface area contributed by atoms with Gasteiger partial charge in [0.15, 0.2) is 0 Å². The van der Waals surface area contributed by atoms with Gasteiger partial charge in [0.25, 0.3) is 5.91 Å². The van der Waals surface area contributed by atoms with Crippen LogP contribution >= 0.6 is 22.6 Å². The minimum atomic E-state index is -0.284. The molecule has 0 spiro atoms. The molecule has 1 amide bonds. The number of halogens is 2. The Morgan fingerprint density at radius 2 is 2.00 bits per heavy atom. The van der Waals surface area contributed by atoms with Crippen LogP contribution < -0.4 is 5.32 Å². The molecule has 2 rings (SSSR count). The van der Waals surface area contributed by atoms with E-state index in [-0.39, 0.29) is 17.5 Å². The Hall–Kier alpha value is -1.63. The number of benzene rings is 2. The van der Waals surface area contributed by atoms with Crippen molar-refractivity contribution in [1.82, 2.24) is 5.32 Å². The van der Waals surface area contributed by atoms with Crippen LogP contribution in [0.15, 0.2) is 42.5 Å². The summed E-state index contributed by atoms with van der Waals surface area (Å²) in [6, 6.07) is 11.2. The first-order valence-electron chi connectivity index (χ1n) is 6.08. The lowest BCUT2D eigenvalue weighted by molar-refractivity contribution is 0.0953. The highest BCUT2D eigenvalue weighted by Gasteiger charge is 2.08. The van der Waals surface area contributed by atoms with Crippen molar-refractivity contribution >= 4 is 28.5 Å². The van der Waals surface area contributed by atoms with Crippen LogP contribution in [0.25, 0.3) is 0 Å². The first-order chi connectivity index (χ1) is 9.58.